The molecule has 108 valence electrons. The molecule has 0 radical (unpaired) electrons. The van der Waals surface area contributed by atoms with E-state index in [0.29, 0.717) is 0 Å². The first-order valence-electron chi connectivity index (χ1n) is 6.49. The first-order chi connectivity index (χ1) is 8.93. The highest BCUT2D eigenvalue weighted by atomic mass is 19.4. The summed E-state index contributed by atoms with van der Waals surface area (Å²) in [5, 5.41) is 3.23. The Bertz CT molecular complexity index is 360. The van der Waals surface area contributed by atoms with E-state index in [1.54, 1.807) is 12.1 Å². The van der Waals surface area contributed by atoms with Gasteiger partial charge in [-0.25, -0.2) is 0 Å². The minimum absolute atomic E-state index is 0.586. The molecule has 0 amide bonds. The molecular formula is C14H21F3N2. The first-order valence-corrected chi connectivity index (χ1v) is 6.49. The molecule has 1 N–H and O–H groups in total. The van der Waals surface area contributed by atoms with Crippen LogP contribution in [-0.2, 0) is 12.6 Å². The van der Waals surface area contributed by atoms with Crippen LogP contribution in [0.15, 0.2) is 24.3 Å². The fraction of sp³-hybridized carbons (Fsp3) is 0.571. The quantitative estimate of drug-likeness (QED) is 0.769. The van der Waals surface area contributed by atoms with E-state index >= 15 is 0 Å². The maximum atomic E-state index is 12.4. The van der Waals surface area contributed by atoms with Crippen molar-refractivity contribution in [1.82, 2.24) is 10.2 Å². The van der Waals surface area contributed by atoms with Gasteiger partial charge < -0.3 is 10.2 Å². The van der Waals surface area contributed by atoms with Gasteiger partial charge in [0.1, 0.15) is 0 Å². The van der Waals surface area contributed by atoms with Crippen molar-refractivity contribution in [2.45, 2.75) is 19.5 Å². The number of nitrogens with one attached hydrogen (secondary N) is 1. The predicted octanol–water partition coefficient (Wildman–Crippen LogP) is 2.79. The van der Waals surface area contributed by atoms with Crippen molar-refractivity contribution >= 4 is 0 Å². The lowest BCUT2D eigenvalue weighted by atomic mass is 10.1. The van der Waals surface area contributed by atoms with E-state index in [1.807, 2.05) is 7.05 Å². The highest BCUT2D eigenvalue weighted by molar-refractivity contribution is 5.24. The summed E-state index contributed by atoms with van der Waals surface area (Å²) in [5.41, 5.74) is 0.347. The Morgan fingerprint density at radius 1 is 1.11 bits per heavy atom. The van der Waals surface area contributed by atoms with E-state index in [9.17, 15) is 13.2 Å². The first kappa shape index (κ1) is 16.0. The zero-order valence-electron chi connectivity index (χ0n) is 11.4. The van der Waals surface area contributed by atoms with Crippen molar-refractivity contribution < 1.29 is 13.2 Å². The summed E-state index contributed by atoms with van der Waals surface area (Å²) in [5.74, 6) is 0. The normalized spacial score (nSPS) is 12.1. The zero-order chi connectivity index (χ0) is 14.3. The van der Waals surface area contributed by atoms with E-state index in [-0.39, 0.29) is 0 Å². The van der Waals surface area contributed by atoms with E-state index in [4.69, 9.17) is 0 Å². The SMILES string of the molecule is CCNCCN(C)CCc1ccc(C(F)(F)F)cc1. The molecule has 0 spiro atoms. The molecule has 0 aromatic heterocycles. The highest BCUT2D eigenvalue weighted by Crippen LogP contribution is 2.29. The number of likely N-dealkylation sites (N-methyl/N-ethyl adjacent to an activating group) is 2. The standard InChI is InChI=1S/C14H21F3N2/c1-3-18-9-11-19(2)10-8-12-4-6-13(7-5-12)14(15,16)17/h4-7,18H,3,8-11H2,1-2H3. The molecule has 5 heteroatoms. The summed E-state index contributed by atoms with van der Waals surface area (Å²) in [6.45, 7) is 5.72. The second-order valence-electron chi connectivity index (χ2n) is 4.60. The molecule has 0 saturated carbocycles. The molecule has 0 bridgehead atoms. The van der Waals surface area contributed by atoms with Gasteiger partial charge in [-0.05, 0) is 37.7 Å². The molecule has 0 unspecified atom stereocenters. The number of nitrogens with zero attached hydrogens (tertiary/aromatic N) is 1. The van der Waals surface area contributed by atoms with Gasteiger partial charge >= 0.3 is 6.18 Å². The highest BCUT2D eigenvalue weighted by Gasteiger charge is 2.29. The summed E-state index contributed by atoms with van der Waals surface area (Å²) < 4.78 is 37.2. The smallest absolute Gasteiger partial charge is 0.316 e. The van der Waals surface area contributed by atoms with Crippen LogP contribution in [0.4, 0.5) is 13.2 Å². The van der Waals surface area contributed by atoms with Crippen LogP contribution in [0, 0.1) is 0 Å². The molecule has 1 rings (SSSR count). The Morgan fingerprint density at radius 2 is 1.74 bits per heavy atom. The zero-order valence-corrected chi connectivity index (χ0v) is 11.4. The second kappa shape index (κ2) is 7.50. The fourth-order valence-corrected chi connectivity index (χ4v) is 1.74. The average Bonchev–Trinajstić information content (AvgIpc) is 2.36. The number of hydrogen-bond acceptors (Lipinski definition) is 2. The van der Waals surface area contributed by atoms with Crippen LogP contribution >= 0.6 is 0 Å². The molecule has 0 fully saturated rings. The van der Waals surface area contributed by atoms with Crippen molar-refractivity contribution in [3.63, 3.8) is 0 Å². The van der Waals surface area contributed by atoms with Gasteiger partial charge in [0.25, 0.3) is 0 Å². The number of benzene rings is 1. The third-order valence-corrected chi connectivity index (χ3v) is 2.98. The summed E-state index contributed by atoms with van der Waals surface area (Å²) >= 11 is 0. The van der Waals surface area contributed by atoms with Crippen LogP contribution in [0.3, 0.4) is 0 Å². The lowest BCUT2D eigenvalue weighted by molar-refractivity contribution is -0.137. The summed E-state index contributed by atoms with van der Waals surface area (Å²) in [6, 6.07) is 5.41. The average molecular weight is 274 g/mol. The molecule has 0 aliphatic heterocycles. The fourth-order valence-electron chi connectivity index (χ4n) is 1.74. The van der Waals surface area contributed by atoms with Gasteiger partial charge in [-0.2, -0.15) is 13.2 Å². The minimum atomic E-state index is -4.25. The third-order valence-electron chi connectivity index (χ3n) is 2.98. The Kier molecular flexibility index (Phi) is 6.31. The van der Waals surface area contributed by atoms with Crippen LogP contribution in [0.25, 0.3) is 0 Å². The van der Waals surface area contributed by atoms with Crippen molar-refractivity contribution in [2.75, 3.05) is 33.2 Å². The van der Waals surface area contributed by atoms with E-state index in [1.165, 1.54) is 0 Å². The molecule has 2 nitrogen and oxygen atoms in total. The Hall–Kier alpha value is -1.07. The minimum Gasteiger partial charge on any atom is -0.316 e. The predicted molar refractivity (Wildman–Crippen MR) is 71.2 cm³/mol. The largest absolute Gasteiger partial charge is 0.416 e. The van der Waals surface area contributed by atoms with E-state index in [2.05, 4.69) is 17.1 Å². The Morgan fingerprint density at radius 3 is 2.26 bits per heavy atom. The number of rotatable bonds is 7. The topological polar surface area (TPSA) is 15.3 Å². The molecule has 1 aromatic carbocycles. The van der Waals surface area contributed by atoms with E-state index < -0.39 is 11.7 Å². The molecule has 0 aliphatic rings. The van der Waals surface area contributed by atoms with Gasteiger partial charge in [0, 0.05) is 19.6 Å². The molecule has 19 heavy (non-hydrogen) atoms. The maximum absolute atomic E-state index is 12.4. The molecular weight excluding hydrogens is 253 g/mol. The number of hydrogen-bond donors (Lipinski definition) is 1. The van der Waals surface area contributed by atoms with Crippen LogP contribution in [0.2, 0.25) is 0 Å². The molecule has 0 heterocycles. The van der Waals surface area contributed by atoms with Crippen LogP contribution in [0.1, 0.15) is 18.1 Å². The van der Waals surface area contributed by atoms with Gasteiger partial charge in [-0.3, -0.25) is 0 Å². The van der Waals surface area contributed by atoms with Crippen molar-refractivity contribution in [2.24, 2.45) is 0 Å². The van der Waals surface area contributed by atoms with Crippen LogP contribution in [-0.4, -0.2) is 38.1 Å². The molecule has 1 aromatic rings. The van der Waals surface area contributed by atoms with Crippen LogP contribution < -0.4 is 5.32 Å². The number of halogens is 3. The monoisotopic (exact) mass is 274 g/mol. The van der Waals surface area contributed by atoms with Gasteiger partial charge in [0.2, 0.25) is 0 Å². The maximum Gasteiger partial charge on any atom is 0.416 e. The Labute approximate surface area is 112 Å². The third kappa shape index (κ3) is 6.07. The molecule has 0 saturated heterocycles. The summed E-state index contributed by atoms with van der Waals surface area (Å²) in [7, 11) is 2.02. The lowest BCUT2D eigenvalue weighted by Gasteiger charge is -2.16. The lowest BCUT2D eigenvalue weighted by Crippen LogP contribution is -2.30. The van der Waals surface area contributed by atoms with Crippen molar-refractivity contribution in [1.29, 1.82) is 0 Å². The number of alkyl halides is 3. The molecule has 0 aliphatic carbocycles. The van der Waals surface area contributed by atoms with Gasteiger partial charge in [-0.15, -0.1) is 0 Å². The van der Waals surface area contributed by atoms with E-state index in [0.717, 1.165) is 50.3 Å². The van der Waals surface area contributed by atoms with Crippen LogP contribution in [0.5, 0.6) is 0 Å². The van der Waals surface area contributed by atoms with Crippen molar-refractivity contribution in [3.8, 4) is 0 Å². The van der Waals surface area contributed by atoms with Crippen molar-refractivity contribution in [3.05, 3.63) is 35.4 Å². The second-order valence-corrected chi connectivity index (χ2v) is 4.60. The summed E-state index contributed by atoms with van der Waals surface area (Å²) in [4.78, 5) is 2.17. The van der Waals surface area contributed by atoms with Gasteiger partial charge in [0.05, 0.1) is 5.56 Å². The van der Waals surface area contributed by atoms with Gasteiger partial charge in [0.15, 0.2) is 0 Å². The van der Waals surface area contributed by atoms with Gasteiger partial charge in [-0.1, -0.05) is 19.1 Å². The summed E-state index contributed by atoms with van der Waals surface area (Å²) in [6.07, 6.45) is -3.48. The Balaban J connectivity index is 2.37. The molecule has 0 atom stereocenters.